The summed E-state index contributed by atoms with van der Waals surface area (Å²) in [7, 11) is 0. The third-order valence-corrected chi connectivity index (χ3v) is 2.80. The minimum atomic E-state index is -0.652. The number of aryl methyl sites for hydroxylation is 1. The lowest BCUT2D eigenvalue weighted by Gasteiger charge is -2.08. The fraction of sp³-hybridized carbons (Fsp3) is 0.231. The Morgan fingerprint density at radius 3 is 2.28 bits per heavy atom. The van der Waals surface area contributed by atoms with Crippen molar-refractivity contribution in [1.82, 2.24) is 9.97 Å². The van der Waals surface area contributed by atoms with Gasteiger partial charge in [-0.2, -0.15) is 0 Å². The lowest BCUT2D eigenvalue weighted by atomic mass is 10.1. The summed E-state index contributed by atoms with van der Waals surface area (Å²) in [6.07, 6.45) is 1.58. The number of nitrogens with zero attached hydrogens (tertiary/aromatic N) is 2. The number of rotatable bonds is 2. The highest BCUT2D eigenvalue weighted by molar-refractivity contribution is 6.20. The Hall–Kier alpha value is -1.55. The molecule has 0 N–H and O–H groups in total. The van der Waals surface area contributed by atoms with Crippen molar-refractivity contribution in [1.29, 1.82) is 0 Å². The minimum absolute atomic E-state index is 0.205. The maximum atomic E-state index is 13.1. The van der Waals surface area contributed by atoms with Gasteiger partial charge in [0.25, 0.3) is 0 Å². The second kappa shape index (κ2) is 4.98. The molecule has 0 aliphatic carbocycles. The molecule has 0 bridgehead atoms. The van der Waals surface area contributed by atoms with Gasteiger partial charge in [-0.05, 0) is 26.0 Å². The molecule has 94 valence electrons. The summed E-state index contributed by atoms with van der Waals surface area (Å²) in [5, 5.41) is -0.205. The molecule has 0 spiro atoms. The standard InChI is InChI=1S/C13H11ClF2N2/c1-7(14)12-6-17-13(18-8(12)2)9-3-10(15)5-11(16)4-9/h3-7H,1-2H3. The molecule has 0 amide bonds. The van der Waals surface area contributed by atoms with Gasteiger partial charge in [0, 0.05) is 29.1 Å². The summed E-state index contributed by atoms with van der Waals surface area (Å²) in [5.41, 5.74) is 1.81. The van der Waals surface area contributed by atoms with E-state index in [0.29, 0.717) is 11.3 Å². The molecule has 2 nitrogen and oxygen atoms in total. The van der Waals surface area contributed by atoms with Crippen LogP contribution in [-0.4, -0.2) is 9.97 Å². The molecule has 2 aromatic rings. The van der Waals surface area contributed by atoms with E-state index in [4.69, 9.17) is 11.6 Å². The molecule has 1 unspecified atom stereocenters. The van der Waals surface area contributed by atoms with Crippen LogP contribution in [-0.2, 0) is 0 Å². The van der Waals surface area contributed by atoms with Crippen LogP contribution in [0.4, 0.5) is 8.78 Å². The Morgan fingerprint density at radius 1 is 1.17 bits per heavy atom. The maximum Gasteiger partial charge on any atom is 0.159 e. The summed E-state index contributed by atoms with van der Waals surface area (Å²) in [6.45, 7) is 3.60. The second-order valence-electron chi connectivity index (χ2n) is 4.01. The van der Waals surface area contributed by atoms with Crippen molar-refractivity contribution in [2.75, 3.05) is 0 Å². The highest BCUT2D eigenvalue weighted by Gasteiger charge is 2.11. The molecule has 1 atom stereocenters. The van der Waals surface area contributed by atoms with Gasteiger partial charge in [0.2, 0.25) is 0 Å². The van der Waals surface area contributed by atoms with Crippen LogP contribution in [0, 0.1) is 18.6 Å². The SMILES string of the molecule is Cc1nc(-c2cc(F)cc(F)c2)ncc1C(C)Cl. The van der Waals surface area contributed by atoms with E-state index in [0.717, 1.165) is 11.6 Å². The molecule has 1 heterocycles. The van der Waals surface area contributed by atoms with Crippen LogP contribution >= 0.6 is 11.6 Å². The number of halogens is 3. The Bertz CT molecular complexity index is 565. The molecule has 2 rings (SSSR count). The number of hydrogen-bond donors (Lipinski definition) is 0. The first-order valence-electron chi connectivity index (χ1n) is 5.41. The monoisotopic (exact) mass is 268 g/mol. The van der Waals surface area contributed by atoms with Crippen molar-refractivity contribution in [2.45, 2.75) is 19.2 Å². The Balaban J connectivity index is 2.48. The topological polar surface area (TPSA) is 25.8 Å². The zero-order valence-electron chi connectivity index (χ0n) is 9.92. The Morgan fingerprint density at radius 2 is 1.78 bits per heavy atom. The molecule has 0 fully saturated rings. The number of benzene rings is 1. The molecule has 0 aliphatic heterocycles. The Kier molecular flexibility index (Phi) is 3.57. The first-order chi connectivity index (χ1) is 8.47. The van der Waals surface area contributed by atoms with Gasteiger partial charge >= 0.3 is 0 Å². The van der Waals surface area contributed by atoms with E-state index >= 15 is 0 Å². The molecular weight excluding hydrogens is 258 g/mol. The zero-order chi connectivity index (χ0) is 13.3. The van der Waals surface area contributed by atoms with E-state index in [-0.39, 0.29) is 11.2 Å². The van der Waals surface area contributed by atoms with Gasteiger partial charge in [0.1, 0.15) is 11.6 Å². The molecule has 0 aliphatic rings. The number of alkyl halides is 1. The fourth-order valence-electron chi connectivity index (χ4n) is 1.69. The predicted octanol–water partition coefficient (Wildman–Crippen LogP) is 4.03. The summed E-state index contributed by atoms with van der Waals surface area (Å²) in [6, 6.07) is 3.20. The van der Waals surface area contributed by atoms with Crippen molar-refractivity contribution < 1.29 is 8.78 Å². The first-order valence-corrected chi connectivity index (χ1v) is 5.85. The van der Waals surface area contributed by atoms with E-state index in [1.807, 2.05) is 6.92 Å². The molecule has 5 heteroatoms. The molecular formula is C13H11ClF2N2. The highest BCUT2D eigenvalue weighted by atomic mass is 35.5. The van der Waals surface area contributed by atoms with E-state index in [1.54, 1.807) is 13.1 Å². The van der Waals surface area contributed by atoms with Gasteiger partial charge in [-0.15, -0.1) is 11.6 Å². The summed E-state index contributed by atoms with van der Waals surface area (Å²) in [5.74, 6) is -1.02. The molecule has 0 radical (unpaired) electrons. The average molecular weight is 269 g/mol. The van der Waals surface area contributed by atoms with Gasteiger partial charge in [0.15, 0.2) is 5.82 Å². The molecule has 0 saturated heterocycles. The second-order valence-corrected chi connectivity index (χ2v) is 4.66. The van der Waals surface area contributed by atoms with Crippen LogP contribution in [0.2, 0.25) is 0 Å². The summed E-state index contributed by atoms with van der Waals surface area (Å²) < 4.78 is 26.2. The number of hydrogen-bond acceptors (Lipinski definition) is 2. The largest absolute Gasteiger partial charge is 0.236 e. The normalized spacial score (nSPS) is 12.5. The first kappa shape index (κ1) is 12.9. The van der Waals surface area contributed by atoms with Gasteiger partial charge in [-0.1, -0.05) is 0 Å². The summed E-state index contributed by atoms with van der Waals surface area (Å²) >= 11 is 5.96. The zero-order valence-corrected chi connectivity index (χ0v) is 10.7. The number of aromatic nitrogens is 2. The predicted molar refractivity (Wildman–Crippen MR) is 66.4 cm³/mol. The van der Waals surface area contributed by atoms with Crippen LogP contribution in [0.5, 0.6) is 0 Å². The quantitative estimate of drug-likeness (QED) is 0.769. The van der Waals surface area contributed by atoms with E-state index in [2.05, 4.69) is 9.97 Å². The third kappa shape index (κ3) is 2.64. The van der Waals surface area contributed by atoms with Crippen molar-refractivity contribution in [3.05, 3.63) is 47.3 Å². The van der Waals surface area contributed by atoms with E-state index in [9.17, 15) is 8.78 Å². The fourth-order valence-corrected chi connectivity index (χ4v) is 1.90. The van der Waals surface area contributed by atoms with Gasteiger partial charge in [0.05, 0.1) is 5.38 Å². The van der Waals surface area contributed by atoms with E-state index in [1.165, 1.54) is 12.1 Å². The van der Waals surface area contributed by atoms with Crippen LogP contribution in [0.3, 0.4) is 0 Å². The molecule has 1 aromatic heterocycles. The smallest absolute Gasteiger partial charge is 0.159 e. The van der Waals surface area contributed by atoms with Gasteiger partial charge in [-0.25, -0.2) is 18.7 Å². The molecule has 18 heavy (non-hydrogen) atoms. The van der Waals surface area contributed by atoms with Crippen molar-refractivity contribution >= 4 is 11.6 Å². The average Bonchev–Trinajstić information content (AvgIpc) is 2.26. The molecule has 0 saturated carbocycles. The van der Waals surface area contributed by atoms with Crippen LogP contribution in [0.1, 0.15) is 23.6 Å². The minimum Gasteiger partial charge on any atom is -0.236 e. The van der Waals surface area contributed by atoms with Gasteiger partial charge in [-0.3, -0.25) is 0 Å². The maximum absolute atomic E-state index is 13.1. The lowest BCUT2D eigenvalue weighted by Crippen LogP contribution is -1.99. The Labute approximate surface area is 109 Å². The third-order valence-electron chi connectivity index (χ3n) is 2.57. The van der Waals surface area contributed by atoms with Crippen LogP contribution < -0.4 is 0 Å². The molecule has 1 aromatic carbocycles. The lowest BCUT2D eigenvalue weighted by molar-refractivity contribution is 0.584. The van der Waals surface area contributed by atoms with Crippen molar-refractivity contribution in [3.8, 4) is 11.4 Å². The van der Waals surface area contributed by atoms with Crippen molar-refractivity contribution in [3.63, 3.8) is 0 Å². The van der Waals surface area contributed by atoms with Crippen LogP contribution in [0.15, 0.2) is 24.4 Å². The summed E-state index contributed by atoms with van der Waals surface area (Å²) in [4.78, 5) is 8.30. The highest BCUT2D eigenvalue weighted by Crippen LogP contribution is 2.24. The van der Waals surface area contributed by atoms with Crippen LogP contribution in [0.25, 0.3) is 11.4 Å². The van der Waals surface area contributed by atoms with Gasteiger partial charge < -0.3 is 0 Å². The van der Waals surface area contributed by atoms with Crippen molar-refractivity contribution in [2.24, 2.45) is 0 Å². The van der Waals surface area contributed by atoms with E-state index < -0.39 is 11.6 Å².